The number of sulfonamides is 1. The molecule has 0 aliphatic carbocycles. The second-order valence-corrected chi connectivity index (χ2v) is 12.7. The Morgan fingerprint density at radius 3 is 1.93 bits per heavy atom. The molecule has 40 heavy (non-hydrogen) atoms. The molecule has 0 radical (unpaired) electrons. The van der Waals surface area contributed by atoms with Gasteiger partial charge in [0.2, 0.25) is 11.8 Å². The zero-order valence-corrected chi connectivity index (χ0v) is 25.6. The summed E-state index contributed by atoms with van der Waals surface area (Å²) in [5.41, 5.74) is 2.88. The first kappa shape index (κ1) is 31.5. The Kier molecular flexibility index (Phi) is 10.6. The third-order valence-electron chi connectivity index (χ3n) is 6.66. The first-order chi connectivity index (χ1) is 18.8. The van der Waals surface area contributed by atoms with E-state index in [1.54, 1.807) is 19.1 Å². The topological polar surface area (TPSA) is 86.8 Å². The molecule has 2 atom stereocenters. The van der Waals surface area contributed by atoms with E-state index < -0.39 is 28.5 Å². The fraction of sp³-hybridized carbons (Fsp3) is 0.333. The first-order valence-electron chi connectivity index (χ1n) is 13.0. The Balaban J connectivity index is 2.05. The van der Waals surface area contributed by atoms with Crippen LogP contribution in [0.15, 0.2) is 71.6 Å². The van der Waals surface area contributed by atoms with Crippen molar-refractivity contribution in [1.29, 1.82) is 0 Å². The number of nitrogens with zero attached hydrogens (tertiary/aromatic N) is 2. The van der Waals surface area contributed by atoms with Gasteiger partial charge in [0.05, 0.1) is 10.6 Å². The van der Waals surface area contributed by atoms with Crippen molar-refractivity contribution in [3.63, 3.8) is 0 Å². The van der Waals surface area contributed by atoms with Gasteiger partial charge in [0.15, 0.2) is 0 Å². The van der Waals surface area contributed by atoms with E-state index in [0.717, 1.165) is 27.4 Å². The van der Waals surface area contributed by atoms with Crippen molar-refractivity contribution in [2.24, 2.45) is 0 Å². The average Bonchev–Trinajstić information content (AvgIpc) is 2.90. The SMILES string of the molecule is CC[C@@H](C)NC(=O)[C@H](C)N(Cc1ccc(C)cc1)C(=O)CN(c1cc(Cl)cc(Cl)c1)S(=O)(=O)c1ccc(C)cc1. The number of amides is 2. The molecule has 0 aromatic heterocycles. The summed E-state index contributed by atoms with van der Waals surface area (Å²) in [6, 6.07) is 17.4. The van der Waals surface area contributed by atoms with E-state index in [2.05, 4.69) is 5.32 Å². The molecule has 0 heterocycles. The number of rotatable bonds is 11. The zero-order chi connectivity index (χ0) is 29.6. The molecule has 0 fully saturated rings. The third-order valence-corrected chi connectivity index (χ3v) is 8.89. The van der Waals surface area contributed by atoms with Crippen LogP contribution in [0.3, 0.4) is 0 Å². The maximum Gasteiger partial charge on any atom is 0.264 e. The first-order valence-corrected chi connectivity index (χ1v) is 15.2. The van der Waals surface area contributed by atoms with Gasteiger partial charge in [0, 0.05) is 22.6 Å². The van der Waals surface area contributed by atoms with E-state index >= 15 is 0 Å². The van der Waals surface area contributed by atoms with Crippen molar-refractivity contribution in [3.05, 3.63) is 93.5 Å². The number of carbonyl (C=O) groups excluding carboxylic acids is 2. The second-order valence-electron chi connectivity index (χ2n) is 9.95. The van der Waals surface area contributed by atoms with Crippen LogP contribution in [0, 0.1) is 13.8 Å². The maximum absolute atomic E-state index is 14.0. The Morgan fingerprint density at radius 2 is 1.40 bits per heavy atom. The minimum atomic E-state index is -4.21. The van der Waals surface area contributed by atoms with E-state index in [9.17, 15) is 18.0 Å². The van der Waals surface area contributed by atoms with Crippen LogP contribution in [0.2, 0.25) is 10.0 Å². The van der Waals surface area contributed by atoms with E-state index in [1.807, 2.05) is 52.0 Å². The number of hydrogen-bond donors (Lipinski definition) is 1. The molecule has 3 aromatic rings. The number of anilines is 1. The van der Waals surface area contributed by atoms with E-state index in [-0.39, 0.29) is 39.1 Å². The highest BCUT2D eigenvalue weighted by Crippen LogP contribution is 2.30. The lowest BCUT2D eigenvalue weighted by molar-refractivity contribution is -0.139. The molecule has 10 heteroatoms. The summed E-state index contributed by atoms with van der Waals surface area (Å²) in [7, 11) is -4.21. The minimum absolute atomic E-state index is 0.00893. The average molecular weight is 605 g/mol. The number of halogens is 2. The predicted molar refractivity (Wildman–Crippen MR) is 161 cm³/mol. The Bertz CT molecular complexity index is 1420. The van der Waals surface area contributed by atoms with Crippen LogP contribution in [0.1, 0.15) is 43.9 Å². The van der Waals surface area contributed by atoms with Crippen molar-refractivity contribution < 1.29 is 18.0 Å². The van der Waals surface area contributed by atoms with E-state index in [4.69, 9.17) is 23.2 Å². The molecule has 0 spiro atoms. The Hall–Kier alpha value is -3.07. The fourth-order valence-electron chi connectivity index (χ4n) is 3.99. The predicted octanol–water partition coefficient (Wildman–Crippen LogP) is 6.14. The molecular weight excluding hydrogens is 569 g/mol. The van der Waals surface area contributed by atoms with Crippen molar-refractivity contribution in [2.75, 3.05) is 10.8 Å². The highest BCUT2D eigenvalue weighted by atomic mass is 35.5. The third kappa shape index (κ3) is 7.99. The molecular formula is C30H35Cl2N3O4S. The molecule has 0 saturated heterocycles. The molecule has 0 unspecified atom stereocenters. The van der Waals surface area contributed by atoms with Crippen molar-refractivity contribution in [3.8, 4) is 0 Å². The van der Waals surface area contributed by atoms with Crippen molar-refractivity contribution in [1.82, 2.24) is 10.2 Å². The summed E-state index contributed by atoms with van der Waals surface area (Å²) in [5, 5.41) is 3.36. The van der Waals surface area contributed by atoms with Gasteiger partial charge in [-0.05, 0) is 70.0 Å². The number of benzene rings is 3. The summed E-state index contributed by atoms with van der Waals surface area (Å²) in [4.78, 5) is 28.5. The van der Waals surface area contributed by atoms with E-state index in [1.165, 1.54) is 35.2 Å². The molecule has 0 bridgehead atoms. The normalized spacial score (nSPS) is 12.9. The van der Waals surface area contributed by atoms with Gasteiger partial charge in [-0.3, -0.25) is 13.9 Å². The van der Waals surface area contributed by atoms with Gasteiger partial charge in [-0.15, -0.1) is 0 Å². The number of aryl methyl sites for hydroxylation is 2. The van der Waals surface area contributed by atoms with E-state index in [0.29, 0.717) is 0 Å². The van der Waals surface area contributed by atoms with Crippen LogP contribution in [0.5, 0.6) is 0 Å². The summed E-state index contributed by atoms with van der Waals surface area (Å²) in [5.74, 6) is -0.882. The number of hydrogen-bond acceptors (Lipinski definition) is 4. The molecule has 3 aromatic carbocycles. The molecule has 3 rings (SSSR count). The largest absolute Gasteiger partial charge is 0.352 e. The van der Waals surface area contributed by atoms with Crippen LogP contribution in [0.4, 0.5) is 5.69 Å². The second kappa shape index (κ2) is 13.5. The summed E-state index contributed by atoms with van der Waals surface area (Å²) >= 11 is 12.5. The smallest absolute Gasteiger partial charge is 0.264 e. The quantitative estimate of drug-likeness (QED) is 0.285. The van der Waals surface area contributed by atoms with Gasteiger partial charge in [-0.25, -0.2) is 8.42 Å². The summed E-state index contributed by atoms with van der Waals surface area (Å²) in [6.07, 6.45) is 0.725. The van der Waals surface area contributed by atoms with Gasteiger partial charge in [-0.2, -0.15) is 0 Å². The lowest BCUT2D eigenvalue weighted by Crippen LogP contribution is -2.52. The van der Waals surface area contributed by atoms with Gasteiger partial charge < -0.3 is 10.2 Å². The van der Waals surface area contributed by atoms with Crippen molar-refractivity contribution >= 4 is 50.7 Å². The standard InChI is InChI=1S/C30H35Cl2N3O4S/c1-6-22(4)33-30(37)23(5)34(18-24-11-7-20(2)8-12-24)29(36)19-35(27-16-25(31)15-26(32)17-27)40(38,39)28-13-9-21(3)10-14-28/h7-17,22-23H,6,18-19H2,1-5H3,(H,33,37)/t22-,23+/m1/s1. The van der Waals surface area contributed by atoms with Crippen LogP contribution in [-0.4, -0.2) is 43.8 Å². The number of nitrogens with one attached hydrogen (secondary N) is 1. The Labute approximate surface area is 247 Å². The molecule has 0 saturated carbocycles. The molecule has 0 aliphatic heterocycles. The van der Waals surface area contributed by atoms with Gasteiger partial charge in [-0.1, -0.05) is 77.7 Å². The monoisotopic (exact) mass is 603 g/mol. The molecule has 2 amide bonds. The van der Waals surface area contributed by atoms with Gasteiger partial charge in [0.1, 0.15) is 12.6 Å². The van der Waals surface area contributed by atoms with Crippen LogP contribution in [0.25, 0.3) is 0 Å². The Morgan fingerprint density at radius 1 is 0.875 bits per heavy atom. The summed E-state index contributed by atoms with van der Waals surface area (Å²) in [6.45, 7) is 8.83. The molecule has 214 valence electrons. The van der Waals surface area contributed by atoms with Crippen LogP contribution in [-0.2, 0) is 26.2 Å². The highest BCUT2D eigenvalue weighted by molar-refractivity contribution is 7.92. The van der Waals surface area contributed by atoms with Gasteiger partial charge >= 0.3 is 0 Å². The maximum atomic E-state index is 14.0. The molecule has 7 nitrogen and oxygen atoms in total. The number of carbonyl (C=O) groups is 2. The molecule has 1 N–H and O–H groups in total. The van der Waals surface area contributed by atoms with Crippen LogP contribution >= 0.6 is 23.2 Å². The highest BCUT2D eigenvalue weighted by Gasteiger charge is 2.33. The summed E-state index contributed by atoms with van der Waals surface area (Å²) < 4.78 is 28.8. The fourth-order valence-corrected chi connectivity index (χ4v) is 5.90. The zero-order valence-electron chi connectivity index (χ0n) is 23.3. The van der Waals surface area contributed by atoms with Gasteiger partial charge in [0.25, 0.3) is 10.0 Å². The van der Waals surface area contributed by atoms with Crippen LogP contribution < -0.4 is 9.62 Å². The van der Waals surface area contributed by atoms with Crippen molar-refractivity contribution in [2.45, 2.75) is 64.6 Å². The molecule has 0 aliphatic rings. The lowest BCUT2D eigenvalue weighted by atomic mass is 10.1. The minimum Gasteiger partial charge on any atom is -0.352 e. The lowest BCUT2D eigenvalue weighted by Gasteiger charge is -2.32.